The molecule has 0 aliphatic heterocycles. The molecular weight excluding hydrogens is 266 g/mol. The fraction of sp³-hybridized carbons (Fsp3) is 0.529. The van der Waals surface area contributed by atoms with E-state index in [9.17, 15) is 0 Å². The van der Waals surface area contributed by atoms with Crippen LogP contribution in [-0.2, 0) is 11.3 Å². The van der Waals surface area contributed by atoms with Crippen molar-refractivity contribution in [2.75, 3.05) is 20.3 Å². The number of para-hydroxylation sites is 1. The van der Waals surface area contributed by atoms with E-state index in [2.05, 4.69) is 25.2 Å². The molecule has 4 heteroatoms. The molecule has 0 saturated carbocycles. The third-order valence-electron chi connectivity index (χ3n) is 3.62. The van der Waals surface area contributed by atoms with Crippen LogP contribution in [0.5, 0.6) is 5.75 Å². The van der Waals surface area contributed by atoms with E-state index in [4.69, 9.17) is 13.9 Å². The van der Waals surface area contributed by atoms with Crippen molar-refractivity contribution in [2.24, 2.45) is 5.92 Å². The monoisotopic (exact) mass is 291 g/mol. The van der Waals surface area contributed by atoms with Gasteiger partial charge in [-0.05, 0) is 25.0 Å². The molecule has 4 nitrogen and oxygen atoms in total. The zero-order chi connectivity index (χ0) is 15.2. The summed E-state index contributed by atoms with van der Waals surface area (Å²) in [5.74, 6) is 2.19. The number of furan rings is 1. The van der Waals surface area contributed by atoms with E-state index in [0.717, 1.165) is 35.7 Å². The Morgan fingerprint density at radius 1 is 1.29 bits per heavy atom. The lowest BCUT2D eigenvalue weighted by atomic mass is 10.1. The fourth-order valence-electron chi connectivity index (χ4n) is 2.30. The Labute approximate surface area is 126 Å². The van der Waals surface area contributed by atoms with Gasteiger partial charge in [0.15, 0.2) is 11.3 Å². The molecule has 116 valence electrons. The Kier molecular flexibility index (Phi) is 5.65. The van der Waals surface area contributed by atoms with Crippen LogP contribution in [-0.4, -0.2) is 26.4 Å². The molecule has 21 heavy (non-hydrogen) atoms. The maximum absolute atomic E-state index is 5.90. The number of hydrogen-bond donors (Lipinski definition) is 1. The van der Waals surface area contributed by atoms with Crippen LogP contribution in [0.15, 0.2) is 28.7 Å². The number of ether oxygens (including phenoxy) is 2. The summed E-state index contributed by atoms with van der Waals surface area (Å²) >= 11 is 0. The van der Waals surface area contributed by atoms with Crippen LogP contribution in [0.2, 0.25) is 0 Å². The summed E-state index contributed by atoms with van der Waals surface area (Å²) in [6.07, 6.45) is 0. The zero-order valence-electron chi connectivity index (χ0n) is 13.3. The lowest BCUT2D eigenvalue weighted by molar-refractivity contribution is 0.107. The Hall–Kier alpha value is -1.52. The highest BCUT2D eigenvalue weighted by Crippen LogP contribution is 2.28. The van der Waals surface area contributed by atoms with Crippen LogP contribution in [0, 0.1) is 5.92 Å². The third-order valence-corrected chi connectivity index (χ3v) is 3.62. The molecule has 0 spiro atoms. The molecule has 1 aromatic carbocycles. The van der Waals surface area contributed by atoms with Crippen LogP contribution in [0.1, 0.15) is 26.5 Å². The van der Waals surface area contributed by atoms with Gasteiger partial charge in [0.2, 0.25) is 0 Å². The first-order valence-electron chi connectivity index (χ1n) is 7.52. The minimum absolute atomic E-state index is 0.319. The molecule has 0 bridgehead atoms. The smallest absolute Gasteiger partial charge is 0.176 e. The van der Waals surface area contributed by atoms with E-state index >= 15 is 0 Å². The first-order valence-corrected chi connectivity index (χ1v) is 7.52. The molecular formula is C17H25NO3. The van der Waals surface area contributed by atoms with Crippen molar-refractivity contribution < 1.29 is 13.9 Å². The summed E-state index contributed by atoms with van der Waals surface area (Å²) in [4.78, 5) is 0. The highest BCUT2D eigenvalue weighted by Gasteiger charge is 2.14. The molecule has 0 fully saturated rings. The van der Waals surface area contributed by atoms with Crippen LogP contribution < -0.4 is 10.1 Å². The van der Waals surface area contributed by atoms with Gasteiger partial charge in [-0.25, -0.2) is 0 Å². The predicted molar refractivity (Wildman–Crippen MR) is 84.7 cm³/mol. The highest BCUT2D eigenvalue weighted by molar-refractivity contribution is 5.83. The summed E-state index contributed by atoms with van der Waals surface area (Å²) < 4.78 is 16.7. The van der Waals surface area contributed by atoms with Gasteiger partial charge in [-0.2, -0.15) is 0 Å². The van der Waals surface area contributed by atoms with Crippen molar-refractivity contribution in [3.05, 3.63) is 30.0 Å². The maximum atomic E-state index is 5.90. The van der Waals surface area contributed by atoms with Crippen LogP contribution in [0.3, 0.4) is 0 Å². The van der Waals surface area contributed by atoms with E-state index in [1.165, 1.54) is 0 Å². The third kappa shape index (κ3) is 3.99. The SMILES string of the molecule is CCOCC(NCc1cc2cccc(OC)c2o1)C(C)C. The molecule has 1 N–H and O–H groups in total. The average Bonchev–Trinajstić information content (AvgIpc) is 2.89. The van der Waals surface area contributed by atoms with Crippen molar-refractivity contribution in [1.29, 1.82) is 0 Å². The summed E-state index contributed by atoms with van der Waals surface area (Å²) in [6.45, 7) is 8.55. The average molecular weight is 291 g/mol. The minimum atomic E-state index is 0.319. The largest absolute Gasteiger partial charge is 0.493 e. The topological polar surface area (TPSA) is 43.6 Å². The summed E-state index contributed by atoms with van der Waals surface area (Å²) in [6, 6.07) is 8.29. The van der Waals surface area contributed by atoms with E-state index in [0.29, 0.717) is 18.5 Å². The lowest BCUT2D eigenvalue weighted by Crippen LogP contribution is -2.37. The Bertz CT molecular complexity index is 562. The van der Waals surface area contributed by atoms with Gasteiger partial charge in [0, 0.05) is 18.0 Å². The van der Waals surface area contributed by atoms with Crippen LogP contribution in [0.25, 0.3) is 11.0 Å². The highest BCUT2D eigenvalue weighted by atomic mass is 16.5. The van der Waals surface area contributed by atoms with E-state index in [1.54, 1.807) is 7.11 Å². The summed E-state index contributed by atoms with van der Waals surface area (Å²) in [7, 11) is 1.66. The molecule has 1 aromatic heterocycles. The summed E-state index contributed by atoms with van der Waals surface area (Å²) in [5.41, 5.74) is 0.808. The molecule has 0 radical (unpaired) electrons. The molecule has 0 aliphatic rings. The molecule has 1 heterocycles. The van der Waals surface area contributed by atoms with Gasteiger partial charge in [-0.1, -0.05) is 26.0 Å². The second-order valence-electron chi connectivity index (χ2n) is 5.48. The Morgan fingerprint density at radius 3 is 2.76 bits per heavy atom. The zero-order valence-corrected chi connectivity index (χ0v) is 13.3. The van der Waals surface area contributed by atoms with Crippen molar-refractivity contribution in [1.82, 2.24) is 5.32 Å². The number of fused-ring (bicyclic) bond motifs is 1. The number of nitrogens with one attached hydrogen (secondary N) is 1. The first-order chi connectivity index (χ1) is 10.2. The van der Waals surface area contributed by atoms with Crippen molar-refractivity contribution in [2.45, 2.75) is 33.4 Å². The van der Waals surface area contributed by atoms with Gasteiger partial charge < -0.3 is 19.2 Å². The minimum Gasteiger partial charge on any atom is -0.493 e. The molecule has 1 atom stereocenters. The van der Waals surface area contributed by atoms with Gasteiger partial charge in [0.1, 0.15) is 5.76 Å². The van der Waals surface area contributed by atoms with Crippen LogP contribution >= 0.6 is 0 Å². The molecule has 0 saturated heterocycles. The molecule has 1 unspecified atom stereocenters. The second kappa shape index (κ2) is 7.48. The molecule has 2 aromatic rings. The number of rotatable bonds is 8. The fourth-order valence-corrected chi connectivity index (χ4v) is 2.30. The Morgan fingerprint density at radius 2 is 2.10 bits per heavy atom. The standard InChI is InChI=1S/C17H25NO3/c1-5-20-11-15(12(2)3)18-10-14-9-13-7-6-8-16(19-4)17(13)21-14/h6-9,12,15,18H,5,10-11H2,1-4H3. The first kappa shape index (κ1) is 15.9. The lowest BCUT2D eigenvalue weighted by Gasteiger charge is -2.21. The molecule has 0 amide bonds. The summed E-state index contributed by atoms with van der Waals surface area (Å²) in [5, 5.41) is 4.58. The second-order valence-corrected chi connectivity index (χ2v) is 5.48. The van der Waals surface area contributed by atoms with Gasteiger partial charge >= 0.3 is 0 Å². The van der Waals surface area contributed by atoms with Crippen molar-refractivity contribution in [3.8, 4) is 5.75 Å². The van der Waals surface area contributed by atoms with E-state index in [-0.39, 0.29) is 0 Å². The quantitative estimate of drug-likeness (QED) is 0.807. The Balaban J connectivity index is 2.05. The predicted octanol–water partition coefficient (Wildman–Crippen LogP) is 3.59. The number of benzene rings is 1. The molecule has 0 aliphatic carbocycles. The van der Waals surface area contributed by atoms with Gasteiger partial charge in [-0.15, -0.1) is 0 Å². The molecule has 2 rings (SSSR count). The normalized spacial score (nSPS) is 13.0. The number of methoxy groups -OCH3 is 1. The van der Waals surface area contributed by atoms with Crippen molar-refractivity contribution in [3.63, 3.8) is 0 Å². The number of hydrogen-bond acceptors (Lipinski definition) is 4. The van der Waals surface area contributed by atoms with E-state index in [1.807, 2.05) is 25.1 Å². The van der Waals surface area contributed by atoms with E-state index < -0.39 is 0 Å². The van der Waals surface area contributed by atoms with Gasteiger partial charge in [0.05, 0.1) is 20.3 Å². The maximum Gasteiger partial charge on any atom is 0.176 e. The van der Waals surface area contributed by atoms with Crippen molar-refractivity contribution >= 4 is 11.0 Å². The van der Waals surface area contributed by atoms with Gasteiger partial charge in [0.25, 0.3) is 0 Å². The van der Waals surface area contributed by atoms with Crippen LogP contribution in [0.4, 0.5) is 0 Å². The van der Waals surface area contributed by atoms with Gasteiger partial charge in [-0.3, -0.25) is 0 Å².